The first-order valence-electron chi connectivity index (χ1n) is 6.31. The molecule has 1 aromatic carbocycles. The SMILES string of the molecule is CCOc1ncnc(N(C)Cc2ccccc2F)c1N. The van der Waals surface area contributed by atoms with Crippen LogP contribution >= 0.6 is 0 Å². The fourth-order valence-electron chi connectivity index (χ4n) is 1.88. The van der Waals surface area contributed by atoms with Gasteiger partial charge in [-0.1, -0.05) is 18.2 Å². The number of aromatic nitrogens is 2. The molecular weight excluding hydrogens is 259 g/mol. The largest absolute Gasteiger partial charge is 0.476 e. The van der Waals surface area contributed by atoms with Gasteiger partial charge in [-0.25, -0.2) is 9.37 Å². The van der Waals surface area contributed by atoms with E-state index in [0.717, 1.165) is 0 Å². The maximum atomic E-state index is 13.7. The van der Waals surface area contributed by atoms with Crippen LogP contribution in [0.25, 0.3) is 0 Å². The number of anilines is 2. The van der Waals surface area contributed by atoms with Gasteiger partial charge in [-0.3, -0.25) is 0 Å². The Kier molecular flexibility index (Phi) is 4.34. The first-order valence-corrected chi connectivity index (χ1v) is 6.31. The van der Waals surface area contributed by atoms with E-state index < -0.39 is 0 Å². The first kappa shape index (κ1) is 14.0. The smallest absolute Gasteiger partial charge is 0.242 e. The summed E-state index contributed by atoms with van der Waals surface area (Å²) in [6.45, 7) is 2.68. The van der Waals surface area contributed by atoms with Crippen LogP contribution < -0.4 is 15.4 Å². The van der Waals surface area contributed by atoms with E-state index in [4.69, 9.17) is 10.5 Å². The zero-order chi connectivity index (χ0) is 14.5. The van der Waals surface area contributed by atoms with Crippen LogP contribution in [0.1, 0.15) is 12.5 Å². The molecule has 0 saturated heterocycles. The quantitative estimate of drug-likeness (QED) is 0.907. The predicted octanol–water partition coefficient (Wildman–Crippen LogP) is 2.23. The van der Waals surface area contributed by atoms with Gasteiger partial charge in [0.05, 0.1) is 6.61 Å². The van der Waals surface area contributed by atoms with Crippen LogP contribution in [0.15, 0.2) is 30.6 Å². The number of ether oxygens (including phenoxy) is 1. The van der Waals surface area contributed by atoms with Crippen molar-refractivity contribution in [2.45, 2.75) is 13.5 Å². The molecule has 0 aliphatic rings. The second kappa shape index (κ2) is 6.18. The van der Waals surface area contributed by atoms with Crippen LogP contribution in [0.2, 0.25) is 0 Å². The van der Waals surface area contributed by atoms with Crippen LogP contribution in [0.5, 0.6) is 5.88 Å². The molecule has 0 saturated carbocycles. The highest BCUT2D eigenvalue weighted by Crippen LogP contribution is 2.28. The molecular formula is C14H17FN4O. The van der Waals surface area contributed by atoms with Gasteiger partial charge >= 0.3 is 0 Å². The summed E-state index contributed by atoms with van der Waals surface area (Å²) in [4.78, 5) is 9.87. The second-order valence-electron chi connectivity index (χ2n) is 4.30. The maximum Gasteiger partial charge on any atom is 0.242 e. The minimum Gasteiger partial charge on any atom is -0.476 e. The zero-order valence-electron chi connectivity index (χ0n) is 11.5. The summed E-state index contributed by atoms with van der Waals surface area (Å²) in [5, 5.41) is 0. The molecule has 20 heavy (non-hydrogen) atoms. The molecule has 6 heteroatoms. The molecule has 5 nitrogen and oxygen atoms in total. The lowest BCUT2D eigenvalue weighted by molar-refractivity contribution is 0.328. The first-order chi connectivity index (χ1) is 9.63. The molecule has 106 valence electrons. The summed E-state index contributed by atoms with van der Waals surface area (Å²) in [6, 6.07) is 6.61. The number of hydrogen-bond acceptors (Lipinski definition) is 5. The summed E-state index contributed by atoms with van der Waals surface area (Å²) in [6.07, 6.45) is 1.38. The molecule has 0 atom stereocenters. The summed E-state index contributed by atoms with van der Waals surface area (Å²) < 4.78 is 19.0. The minimum atomic E-state index is -0.253. The lowest BCUT2D eigenvalue weighted by atomic mass is 10.2. The number of benzene rings is 1. The Labute approximate surface area is 117 Å². The predicted molar refractivity (Wildman–Crippen MR) is 76.1 cm³/mol. The molecule has 1 aromatic heterocycles. The summed E-state index contributed by atoms with van der Waals surface area (Å²) >= 11 is 0. The average molecular weight is 276 g/mol. The van der Waals surface area contributed by atoms with Gasteiger partial charge < -0.3 is 15.4 Å². The van der Waals surface area contributed by atoms with E-state index in [1.54, 1.807) is 30.1 Å². The van der Waals surface area contributed by atoms with E-state index in [1.165, 1.54) is 12.4 Å². The van der Waals surface area contributed by atoms with Gasteiger partial charge in [0.25, 0.3) is 0 Å². The van der Waals surface area contributed by atoms with Crippen LogP contribution in [0.3, 0.4) is 0 Å². The van der Waals surface area contributed by atoms with E-state index in [0.29, 0.717) is 36.1 Å². The molecule has 0 bridgehead atoms. The van der Waals surface area contributed by atoms with Crippen molar-refractivity contribution in [1.82, 2.24) is 9.97 Å². The molecule has 0 unspecified atom stereocenters. The topological polar surface area (TPSA) is 64.3 Å². The van der Waals surface area contributed by atoms with E-state index >= 15 is 0 Å². The standard InChI is InChI=1S/C14H17FN4O/c1-3-20-14-12(16)13(17-9-18-14)19(2)8-10-6-4-5-7-11(10)15/h4-7,9H,3,8,16H2,1-2H3. The highest BCUT2D eigenvalue weighted by atomic mass is 19.1. The van der Waals surface area contributed by atoms with Crippen LogP contribution in [-0.2, 0) is 6.54 Å². The van der Waals surface area contributed by atoms with Crippen LogP contribution in [0, 0.1) is 5.82 Å². The highest BCUT2D eigenvalue weighted by molar-refractivity contribution is 5.67. The van der Waals surface area contributed by atoms with Crippen molar-refractivity contribution in [3.8, 4) is 5.88 Å². The summed E-state index contributed by atoms with van der Waals surface area (Å²) in [7, 11) is 1.79. The number of rotatable bonds is 5. The van der Waals surface area contributed by atoms with Gasteiger partial charge in [-0.05, 0) is 13.0 Å². The molecule has 0 spiro atoms. The van der Waals surface area contributed by atoms with E-state index in [2.05, 4.69) is 9.97 Å². The third-order valence-corrected chi connectivity index (χ3v) is 2.83. The third-order valence-electron chi connectivity index (χ3n) is 2.83. The number of nitrogens with two attached hydrogens (primary N) is 1. The van der Waals surface area contributed by atoms with Gasteiger partial charge in [0.15, 0.2) is 5.82 Å². The van der Waals surface area contributed by atoms with Crippen molar-refractivity contribution < 1.29 is 9.13 Å². The van der Waals surface area contributed by atoms with Crippen LogP contribution in [0.4, 0.5) is 15.9 Å². The Morgan fingerprint density at radius 2 is 2.05 bits per heavy atom. The van der Waals surface area contributed by atoms with Gasteiger partial charge in [-0.15, -0.1) is 0 Å². The Hall–Kier alpha value is -2.37. The van der Waals surface area contributed by atoms with E-state index in [1.807, 2.05) is 6.92 Å². The van der Waals surface area contributed by atoms with Crippen molar-refractivity contribution >= 4 is 11.5 Å². The molecule has 2 aromatic rings. The molecule has 0 radical (unpaired) electrons. The van der Waals surface area contributed by atoms with Crippen molar-refractivity contribution in [3.63, 3.8) is 0 Å². The normalized spacial score (nSPS) is 10.3. The molecule has 2 rings (SSSR count). The average Bonchev–Trinajstić information content (AvgIpc) is 2.44. The van der Waals surface area contributed by atoms with Crippen molar-refractivity contribution in [3.05, 3.63) is 42.0 Å². The van der Waals surface area contributed by atoms with E-state index in [9.17, 15) is 4.39 Å². The number of hydrogen-bond donors (Lipinski definition) is 1. The monoisotopic (exact) mass is 276 g/mol. The third kappa shape index (κ3) is 2.96. The lowest BCUT2D eigenvalue weighted by Crippen LogP contribution is -2.20. The summed E-state index contributed by atoms with van der Waals surface area (Å²) in [5.74, 6) is 0.613. The molecule has 0 amide bonds. The minimum absolute atomic E-state index is 0.253. The number of nitrogen functional groups attached to an aromatic ring is 1. The maximum absolute atomic E-state index is 13.7. The fourth-order valence-corrected chi connectivity index (χ4v) is 1.88. The molecule has 0 aliphatic heterocycles. The summed E-state index contributed by atoms with van der Waals surface area (Å²) in [5.41, 5.74) is 6.91. The molecule has 2 N–H and O–H groups in total. The van der Waals surface area contributed by atoms with Crippen molar-refractivity contribution in [1.29, 1.82) is 0 Å². The van der Waals surface area contributed by atoms with Crippen molar-refractivity contribution in [2.75, 3.05) is 24.3 Å². The molecule has 1 heterocycles. The zero-order valence-corrected chi connectivity index (χ0v) is 11.5. The van der Waals surface area contributed by atoms with Crippen LogP contribution in [-0.4, -0.2) is 23.6 Å². The molecule has 0 aliphatic carbocycles. The van der Waals surface area contributed by atoms with Gasteiger partial charge in [0, 0.05) is 19.2 Å². The Morgan fingerprint density at radius 3 is 2.75 bits per heavy atom. The highest BCUT2D eigenvalue weighted by Gasteiger charge is 2.14. The van der Waals surface area contributed by atoms with E-state index in [-0.39, 0.29) is 5.82 Å². The number of nitrogens with zero attached hydrogens (tertiary/aromatic N) is 3. The Bertz CT molecular complexity index is 591. The fraction of sp³-hybridized carbons (Fsp3) is 0.286. The Balaban J connectivity index is 2.23. The van der Waals surface area contributed by atoms with Gasteiger partial charge in [0.1, 0.15) is 17.8 Å². The van der Waals surface area contributed by atoms with Crippen molar-refractivity contribution in [2.24, 2.45) is 0 Å². The lowest BCUT2D eigenvalue weighted by Gasteiger charge is -2.20. The molecule has 0 fully saturated rings. The number of halogens is 1. The van der Waals surface area contributed by atoms with Gasteiger partial charge in [-0.2, -0.15) is 4.98 Å². The second-order valence-corrected chi connectivity index (χ2v) is 4.30. The van der Waals surface area contributed by atoms with Gasteiger partial charge in [0.2, 0.25) is 5.88 Å². The Morgan fingerprint density at radius 1 is 1.30 bits per heavy atom.